The molecule has 0 bridgehead atoms. The van der Waals surface area contributed by atoms with Crippen molar-refractivity contribution in [1.82, 2.24) is 24.6 Å². The van der Waals surface area contributed by atoms with E-state index in [9.17, 15) is 9.90 Å². The minimum atomic E-state index is -0.342. The number of hydrogen-bond acceptors (Lipinski definition) is 5. The Kier molecular flexibility index (Phi) is 5.45. The molecule has 0 radical (unpaired) electrons. The number of amides is 1. The highest BCUT2D eigenvalue weighted by molar-refractivity contribution is 5.95. The summed E-state index contributed by atoms with van der Waals surface area (Å²) in [5.41, 5.74) is 1.53. The van der Waals surface area contributed by atoms with E-state index in [0.717, 1.165) is 24.6 Å². The van der Waals surface area contributed by atoms with Crippen molar-refractivity contribution in [2.24, 2.45) is 0 Å². The van der Waals surface area contributed by atoms with Gasteiger partial charge in [-0.05, 0) is 25.5 Å². The number of carbonyl (C=O) groups excluding carboxylic acids is 1. The van der Waals surface area contributed by atoms with Crippen molar-refractivity contribution in [2.45, 2.75) is 26.4 Å². The normalized spacial score (nSPS) is 16.8. The Bertz CT molecular complexity index is 706. The number of aliphatic hydroxyl groups excluding tert-OH is 1. The van der Waals surface area contributed by atoms with Gasteiger partial charge < -0.3 is 10.0 Å². The Morgan fingerprint density at radius 3 is 2.64 bits per heavy atom. The molecule has 2 aromatic rings. The van der Waals surface area contributed by atoms with Gasteiger partial charge in [0.15, 0.2) is 5.82 Å². The molecular formula is C18H25N5O2. The van der Waals surface area contributed by atoms with Crippen molar-refractivity contribution in [3.63, 3.8) is 0 Å². The first-order chi connectivity index (χ1) is 12.1. The van der Waals surface area contributed by atoms with E-state index in [1.54, 1.807) is 24.0 Å². The molecule has 0 aromatic carbocycles. The molecule has 1 N–H and O–H groups in total. The lowest BCUT2D eigenvalue weighted by molar-refractivity contribution is 0.0553. The van der Waals surface area contributed by atoms with Gasteiger partial charge in [-0.1, -0.05) is 13.0 Å². The third-order valence-electron chi connectivity index (χ3n) is 4.48. The third-order valence-corrected chi connectivity index (χ3v) is 4.48. The minimum absolute atomic E-state index is 0.0238. The van der Waals surface area contributed by atoms with E-state index in [1.165, 1.54) is 0 Å². The molecule has 7 nitrogen and oxygen atoms in total. The van der Waals surface area contributed by atoms with Gasteiger partial charge in [0.05, 0.1) is 23.6 Å². The molecule has 3 rings (SSSR count). The summed E-state index contributed by atoms with van der Waals surface area (Å²) in [6.45, 7) is 7.37. The predicted molar refractivity (Wildman–Crippen MR) is 94.8 cm³/mol. The van der Waals surface area contributed by atoms with E-state index in [4.69, 9.17) is 0 Å². The van der Waals surface area contributed by atoms with Crippen LogP contribution < -0.4 is 0 Å². The Hall–Kier alpha value is -2.25. The summed E-state index contributed by atoms with van der Waals surface area (Å²) in [5.74, 6) is 0.746. The van der Waals surface area contributed by atoms with Crippen molar-refractivity contribution < 1.29 is 9.90 Å². The summed E-state index contributed by atoms with van der Waals surface area (Å²) >= 11 is 0. The second-order valence-corrected chi connectivity index (χ2v) is 6.40. The summed E-state index contributed by atoms with van der Waals surface area (Å²) in [5, 5.41) is 13.9. The zero-order valence-corrected chi connectivity index (χ0v) is 14.8. The molecule has 1 aliphatic rings. The summed E-state index contributed by atoms with van der Waals surface area (Å²) in [4.78, 5) is 21.3. The second-order valence-electron chi connectivity index (χ2n) is 6.40. The topological polar surface area (TPSA) is 74.5 Å². The maximum Gasteiger partial charge on any atom is 0.257 e. The van der Waals surface area contributed by atoms with Crippen LogP contribution in [0.2, 0.25) is 0 Å². The van der Waals surface area contributed by atoms with Gasteiger partial charge in [0.25, 0.3) is 5.91 Å². The third kappa shape index (κ3) is 3.88. The lowest BCUT2D eigenvalue weighted by Gasteiger charge is -2.35. The van der Waals surface area contributed by atoms with Crippen LogP contribution in [-0.4, -0.2) is 74.4 Å². The molecule has 7 heteroatoms. The molecule has 1 aliphatic heterocycles. The van der Waals surface area contributed by atoms with Crippen LogP contribution in [0.4, 0.5) is 0 Å². The molecule has 0 saturated carbocycles. The predicted octanol–water partition coefficient (Wildman–Crippen LogP) is 0.968. The average molecular weight is 343 g/mol. The van der Waals surface area contributed by atoms with Gasteiger partial charge in [0.2, 0.25) is 0 Å². The fourth-order valence-corrected chi connectivity index (χ4v) is 3.25. The second kappa shape index (κ2) is 7.76. The van der Waals surface area contributed by atoms with Gasteiger partial charge >= 0.3 is 0 Å². The van der Waals surface area contributed by atoms with Crippen LogP contribution in [0.5, 0.6) is 0 Å². The van der Waals surface area contributed by atoms with Crippen LogP contribution in [-0.2, 0) is 6.42 Å². The number of carbonyl (C=O) groups is 1. The van der Waals surface area contributed by atoms with Gasteiger partial charge in [-0.2, -0.15) is 5.10 Å². The maximum atomic E-state index is 12.9. The zero-order valence-electron chi connectivity index (χ0n) is 14.8. The quantitative estimate of drug-likeness (QED) is 0.876. The number of nitrogens with zero attached hydrogens (tertiary/aromatic N) is 5. The molecule has 1 atom stereocenters. The maximum absolute atomic E-state index is 12.9. The van der Waals surface area contributed by atoms with Gasteiger partial charge in [0.1, 0.15) is 0 Å². The molecule has 134 valence electrons. The molecule has 3 heterocycles. The van der Waals surface area contributed by atoms with E-state index in [0.29, 0.717) is 31.6 Å². The number of hydrogen-bond donors (Lipinski definition) is 1. The molecule has 0 unspecified atom stereocenters. The fraction of sp³-hybridized carbons (Fsp3) is 0.500. The van der Waals surface area contributed by atoms with E-state index in [2.05, 4.69) is 15.0 Å². The SMILES string of the molecule is CCc1c(C(=O)N2CCN(C[C@@H](C)O)CC2)cnn1-c1ccccn1. The number of pyridine rings is 1. The molecule has 1 saturated heterocycles. The van der Waals surface area contributed by atoms with Gasteiger partial charge in [0, 0.05) is 38.9 Å². The van der Waals surface area contributed by atoms with Crippen molar-refractivity contribution in [3.8, 4) is 5.82 Å². The fourth-order valence-electron chi connectivity index (χ4n) is 3.25. The van der Waals surface area contributed by atoms with Gasteiger partial charge in [-0.15, -0.1) is 0 Å². The lowest BCUT2D eigenvalue weighted by atomic mass is 10.1. The first-order valence-corrected chi connectivity index (χ1v) is 8.78. The standard InChI is InChI=1S/C18H25N5O2/c1-3-16-15(12-20-23(16)17-6-4-5-7-19-17)18(25)22-10-8-21(9-11-22)13-14(2)24/h4-7,12,14,24H,3,8-11,13H2,1-2H3/t14-/m1/s1. The molecule has 1 amide bonds. The van der Waals surface area contributed by atoms with Crippen LogP contribution >= 0.6 is 0 Å². The van der Waals surface area contributed by atoms with Crippen molar-refractivity contribution in [3.05, 3.63) is 41.9 Å². The van der Waals surface area contributed by atoms with Crippen molar-refractivity contribution >= 4 is 5.91 Å². The molecule has 1 fully saturated rings. The summed E-state index contributed by atoms with van der Waals surface area (Å²) in [6.07, 6.45) is 3.74. The highest BCUT2D eigenvalue weighted by atomic mass is 16.3. The highest BCUT2D eigenvalue weighted by Crippen LogP contribution is 2.17. The van der Waals surface area contributed by atoms with Crippen LogP contribution in [0, 0.1) is 0 Å². The van der Waals surface area contributed by atoms with Crippen LogP contribution in [0.15, 0.2) is 30.6 Å². The highest BCUT2D eigenvalue weighted by Gasteiger charge is 2.26. The van der Waals surface area contributed by atoms with E-state index < -0.39 is 0 Å². The Balaban J connectivity index is 1.74. The lowest BCUT2D eigenvalue weighted by Crippen LogP contribution is -2.50. The number of rotatable bonds is 5. The monoisotopic (exact) mass is 343 g/mol. The molecule has 0 aliphatic carbocycles. The van der Waals surface area contributed by atoms with E-state index >= 15 is 0 Å². The molecule has 0 spiro atoms. The Morgan fingerprint density at radius 2 is 2.04 bits per heavy atom. The Morgan fingerprint density at radius 1 is 1.28 bits per heavy atom. The van der Waals surface area contributed by atoms with Gasteiger partial charge in [-0.3, -0.25) is 9.69 Å². The molecule has 2 aromatic heterocycles. The van der Waals surface area contributed by atoms with Crippen LogP contribution in [0.1, 0.15) is 29.9 Å². The van der Waals surface area contributed by atoms with Crippen molar-refractivity contribution in [1.29, 1.82) is 0 Å². The number of aromatic nitrogens is 3. The van der Waals surface area contributed by atoms with Crippen LogP contribution in [0.3, 0.4) is 0 Å². The smallest absolute Gasteiger partial charge is 0.257 e. The molecule has 25 heavy (non-hydrogen) atoms. The van der Waals surface area contributed by atoms with Gasteiger partial charge in [-0.25, -0.2) is 9.67 Å². The zero-order chi connectivity index (χ0) is 17.8. The summed E-state index contributed by atoms with van der Waals surface area (Å²) in [7, 11) is 0. The summed E-state index contributed by atoms with van der Waals surface area (Å²) in [6, 6.07) is 5.65. The first-order valence-electron chi connectivity index (χ1n) is 8.78. The van der Waals surface area contributed by atoms with E-state index in [1.807, 2.05) is 30.0 Å². The van der Waals surface area contributed by atoms with E-state index in [-0.39, 0.29) is 12.0 Å². The average Bonchev–Trinajstić information content (AvgIpc) is 3.06. The minimum Gasteiger partial charge on any atom is -0.392 e. The first kappa shape index (κ1) is 17.6. The molecular weight excluding hydrogens is 318 g/mol. The largest absolute Gasteiger partial charge is 0.392 e. The summed E-state index contributed by atoms with van der Waals surface area (Å²) < 4.78 is 1.75. The van der Waals surface area contributed by atoms with Crippen molar-refractivity contribution in [2.75, 3.05) is 32.7 Å². The number of β-amino-alcohol motifs (C(OH)–C–C–N with tert-alkyl or cyclic N) is 1. The number of piperazine rings is 1. The number of aliphatic hydroxyl groups is 1. The Labute approximate surface area is 147 Å². The van der Waals surface area contributed by atoms with Crippen LogP contribution in [0.25, 0.3) is 5.82 Å².